The highest BCUT2D eigenvalue weighted by Gasteiger charge is 2.45. The van der Waals surface area contributed by atoms with Crippen LogP contribution in [0.25, 0.3) is 0 Å². The molecule has 0 spiro atoms. The van der Waals surface area contributed by atoms with Crippen LogP contribution in [0.4, 0.5) is 10.6 Å². The highest BCUT2D eigenvalue weighted by molar-refractivity contribution is 6.77. The van der Waals surface area contributed by atoms with Crippen molar-refractivity contribution >= 4 is 26.1 Å². The van der Waals surface area contributed by atoms with Crippen LogP contribution >= 0.6 is 0 Å². The summed E-state index contributed by atoms with van der Waals surface area (Å²) in [7, 11) is -2.07. The molecule has 0 bridgehead atoms. The number of carboxylic acid groups (broad SMARTS) is 1. The first-order valence-corrected chi connectivity index (χ1v) is 15.8. The van der Waals surface area contributed by atoms with Crippen molar-refractivity contribution in [1.82, 2.24) is 9.78 Å². The van der Waals surface area contributed by atoms with Crippen molar-refractivity contribution in [3.05, 3.63) is 71.9 Å². The van der Waals surface area contributed by atoms with Crippen LogP contribution < -0.4 is 14.8 Å². The number of hydrogen-bond donors (Lipinski definition) is 2. The molecule has 216 valence electrons. The third kappa shape index (κ3) is 7.73. The molecular formula is C30H41N3O6Si. The first-order valence-electron chi connectivity index (χ1n) is 13.6. The Balaban J connectivity index is 1.81. The maximum Gasteiger partial charge on any atom is 0.432 e. The van der Waals surface area contributed by atoms with Crippen molar-refractivity contribution in [3.8, 4) is 11.5 Å². The zero-order valence-corrected chi connectivity index (χ0v) is 25.4. The second kappa shape index (κ2) is 13.6. The minimum Gasteiger partial charge on any atom is -0.489 e. The maximum atomic E-state index is 13.1. The van der Waals surface area contributed by atoms with Gasteiger partial charge in [0.25, 0.3) is 5.91 Å². The Hall–Kier alpha value is -3.63. The normalized spacial score (nSPS) is 12.6. The number of benzene rings is 2. The smallest absolute Gasteiger partial charge is 0.432 e. The summed E-state index contributed by atoms with van der Waals surface area (Å²) in [6.45, 7) is 16.2. The Bertz CT molecular complexity index is 1250. The van der Waals surface area contributed by atoms with Gasteiger partial charge in [-0.05, 0) is 41.2 Å². The Morgan fingerprint density at radius 1 is 0.925 bits per heavy atom. The van der Waals surface area contributed by atoms with Crippen LogP contribution in [-0.4, -0.2) is 47.9 Å². The molecule has 1 atom stereocenters. The van der Waals surface area contributed by atoms with Crippen LogP contribution in [0, 0.1) is 0 Å². The number of anilines is 1. The van der Waals surface area contributed by atoms with Crippen molar-refractivity contribution in [1.29, 1.82) is 0 Å². The zero-order chi connectivity index (χ0) is 29.4. The lowest BCUT2D eigenvalue weighted by Crippen LogP contribution is -2.49. The van der Waals surface area contributed by atoms with Gasteiger partial charge in [0.2, 0.25) is 8.32 Å². The van der Waals surface area contributed by atoms with E-state index in [1.165, 1.54) is 12.3 Å². The van der Waals surface area contributed by atoms with Crippen molar-refractivity contribution in [2.24, 2.45) is 0 Å². The molecule has 1 amide bonds. The van der Waals surface area contributed by atoms with Crippen LogP contribution in [0.1, 0.15) is 64.4 Å². The number of nitrogens with zero attached hydrogens (tertiary/aromatic N) is 2. The third-order valence-corrected chi connectivity index (χ3v) is 13.1. The minimum atomic E-state index is -2.07. The number of hydrogen-bond acceptors (Lipinski definition) is 6. The molecule has 0 aliphatic rings. The van der Waals surface area contributed by atoms with Crippen molar-refractivity contribution in [2.75, 3.05) is 11.9 Å². The number of rotatable bonds is 13. The van der Waals surface area contributed by atoms with E-state index in [9.17, 15) is 9.59 Å². The van der Waals surface area contributed by atoms with Gasteiger partial charge in [0, 0.05) is 23.9 Å². The fourth-order valence-electron chi connectivity index (χ4n) is 5.31. The van der Waals surface area contributed by atoms with Gasteiger partial charge in [0.15, 0.2) is 5.82 Å². The Kier molecular flexibility index (Phi) is 10.5. The highest BCUT2D eigenvalue weighted by Crippen LogP contribution is 2.42. The summed E-state index contributed by atoms with van der Waals surface area (Å²) >= 11 is 0. The van der Waals surface area contributed by atoms with E-state index in [1.807, 2.05) is 37.3 Å². The molecule has 0 saturated carbocycles. The summed E-state index contributed by atoms with van der Waals surface area (Å²) in [5.74, 6) is 0.574. The first kappa shape index (κ1) is 30.9. The molecule has 2 N–H and O–H groups in total. The van der Waals surface area contributed by atoms with E-state index in [4.69, 9.17) is 19.0 Å². The van der Waals surface area contributed by atoms with E-state index in [-0.39, 0.29) is 17.5 Å². The first-order chi connectivity index (χ1) is 18.9. The van der Waals surface area contributed by atoms with Gasteiger partial charge >= 0.3 is 6.09 Å². The fourth-order valence-corrected chi connectivity index (χ4v) is 10.8. The topological polar surface area (TPSA) is 112 Å². The largest absolute Gasteiger partial charge is 0.489 e. The van der Waals surface area contributed by atoms with E-state index < -0.39 is 20.3 Å². The van der Waals surface area contributed by atoms with Crippen molar-refractivity contribution in [2.45, 2.75) is 77.8 Å². The average Bonchev–Trinajstić information content (AvgIpc) is 3.36. The monoisotopic (exact) mass is 567 g/mol. The minimum absolute atomic E-state index is 0.115. The molecule has 0 aliphatic heterocycles. The second-order valence-electron chi connectivity index (χ2n) is 10.9. The average molecular weight is 568 g/mol. The van der Waals surface area contributed by atoms with Crippen LogP contribution in [0.2, 0.25) is 16.6 Å². The summed E-state index contributed by atoms with van der Waals surface area (Å²) in [4.78, 5) is 24.2. The van der Waals surface area contributed by atoms with E-state index in [0.717, 1.165) is 10.2 Å². The van der Waals surface area contributed by atoms with Crippen molar-refractivity contribution < 1.29 is 28.6 Å². The number of nitrogens with one attached hydrogen (secondary N) is 1. The number of amides is 1. The molecule has 0 unspecified atom stereocenters. The predicted molar refractivity (Wildman–Crippen MR) is 158 cm³/mol. The van der Waals surface area contributed by atoms with Gasteiger partial charge in [-0.2, -0.15) is 4.68 Å². The molecule has 2 aromatic carbocycles. The molecule has 40 heavy (non-hydrogen) atoms. The lowest BCUT2D eigenvalue weighted by Gasteiger charge is -2.42. The number of ether oxygens (including phenoxy) is 2. The number of aromatic nitrogens is 2. The van der Waals surface area contributed by atoms with E-state index in [1.54, 1.807) is 18.2 Å². The van der Waals surface area contributed by atoms with Gasteiger partial charge in [-0.15, -0.1) is 5.10 Å². The van der Waals surface area contributed by atoms with Crippen LogP contribution in [0.15, 0.2) is 60.8 Å². The lowest BCUT2D eigenvalue weighted by molar-refractivity contribution is 0.102. The Morgan fingerprint density at radius 3 is 2.12 bits per heavy atom. The van der Waals surface area contributed by atoms with Crippen LogP contribution in [0.3, 0.4) is 0 Å². The van der Waals surface area contributed by atoms with E-state index >= 15 is 0 Å². The predicted octanol–water partition coefficient (Wildman–Crippen LogP) is 7.20. The summed E-state index contributed by atoms with van der Waals surface area (Å²) in [5, 5.41) is 15.6. The molecule has 1 heterocycles. The molecule has 0 fully saturated rings. The third-order valence-electron chi connectivity index (χ3n) is 7.03. The standard InChI is InChI=1S/C30H41N3O6Si/c1-20(2)40(21(3)4,22(5)6)38-18-23(7)39-27-16-25(29(34)31-28-13-14-33(32-28)30(35)36)15-26(17-27)37-19-24-11-9-8-10-12-24/h8-17,20-23H,18-19H2,1-7H3,(H,35,36)(H,31,32,34)/t23-/m0/s1. The molecule has 10 heteroatoms. The second-order valence-corrected chi connectivity index (χ2v) is 16.4. The van der Waals surface area contributed by atoms with Gasteiger partial charge in [0.05, 0.1) is 6.61 Å². The van der Waals surface area contributed by atoms with Crippen LogP contribution in [0.5, 0.6) is 11.5 Å². The van der Waals surface area contributed by atoms with Crippen molar-refractivity contribution in [3.63, 3.8) is 0 Å². The summed E-state index contributed by atoms with van der Waals surface area (Å²) in [5.41, 5.74) is 2.63. The van der Waals surface area contributed by atoms with E-state index in [0.29, 0.717) is 41.3 Å². The lowest BCUT2D eigenvalue weighted by atomic mass is 10.1. The van der Waals surface area contributed by atoms with Gasteiger partial charge in [-0.3, -0.25) is 4.79 Å². The highest BCUT2D eigenvalue weighted by atomic mass is 28.4. The van der Waals surface area contributed by atoms with Gasteiger partial charge in [-0.25, -0.2) is 4.79 Å². The number of carbonyl (C=O) groups is 2. The summed E-state index contributed by atoms with van der Waals surface area (Å²) in [6.07, 6.45) is -0.264. The zero-order valence-electron chi connectivity index (χ0n) is 24.4. The van der Waals surface area contributed by atoms with E-state index in [2.05, 4.69) is 52.0 Å². The Labute approximate surface area is 237 Å². The van der Waals surface area contributed by atoms with Crippen LogP contribution in [-0.2, 0) is 11.0 Å². The summed E-state index contributed by atoms with van der Waals surface area (Å²) < 4.78 is 19.7. The Morgan fingerprint density at radius 2 is 1.55 bits per heavy atom. The van der Waals surface area contributed by atoms with Gasteiger partial charge < -0.3 is 24.3 Å². The molecule has 1 aromatic heterocycles. The van der Waals surface area contributed by atoms with Gasteiger partial charge in [-0.1, -0.05) is 71.9 Å². The maximum absolute atomic E-state index is 13.1. The molecule has 0 radical (unpaired) electrons. The molecule has 9 nitrogen and oxygen atoms in total. The SMILES string of the molecule is CC(C)[Si](OC[C@H](C)Oc1cc(OCc2ccccc2)cc(C(=O)Nc2ccn(C(=O)O)n2)c1)(C(C)C)C(C)C. The van der Waals surface area contributed by atoms with Gasteiger partial charge in [0.1, 0.15) is 24.2 Å². The fraction of sp³-hybridized carbons (Fsp3) is 0.433. The quantitative estimate of drug-likeness (QED) is 0.210. The molecular weight excluding hydrogens is 526 g/mol. The molecule has 0 saturated heterocycles. The summed E-state index contributed by atoms with van der Waals surface area (Å²) in [6, 6.07) is 16.1. The number of carbonyl (C=O) groups excluding carboxylic acids is 1. The molecule has 3 aromatic rings. The molecule has 0 aliphatic carbocycles. The molecule has 3 rings (SSSR count).